The Morgan fingerprint density at radius 1 is 1.57 bits per heavy atom. The van der Waals surface area contributed by atoms with Gasteiger partial charge in [-0.3, -0.25) is 9.59 Å². The van der Waals surface area contributed by atoms with E-state index in [0.29, 0.717) is 23.5 Å². The van der Waals surface area contributed by atoms with E-state index in [1.54, 1.807) is 18.1 Å². The van der Waals surface area contributed by atoms with E-state index in [1.807, 2.05) is 13.0 Å². The molecule has 1 fully saturated rings. The highest BCUT2D eigenvalue weighted by molar-refractivity contribution is 7.21. The number of rotatable bonds is 2. The highest BCUT2D eigenvalue weighted by Crippen LogP contribution is 2.34. The molecular weight excluding hydrogens is 288 g/mol. The zero-order chi connectivity index (χ0) is 15.1. The average molecular weight is 304 g/mol. The first-order valence-electron chi connectivity index (χ1n) is 6.68. The minimum Gasteiger partial charge on any atom is -0.397 e. The summed E-state index contributed by atoms with van der Waals surface area (Å²) in [4.78, 5) is 31.3. The first-order valence-corrected chi connectivity index (χ1v) is 7.50. The Morgan fingerprint density at radius 3 is 2.95 bits per heavy atom. The minimum atomic E-state index is -0.457. The normalized spacial score (nSPS) is 18.5. The van der Waals surface area contributed by atoms with Crippen LogP contribution < -0.4 is 11.1 Å². The van der Waals surface area contributed by atoms with Crippen LogP contribution in [0.2, 0.25) is 0 Å². The van der Waals surface area contributed by atoms with Crippen LogP contribution in [0.15, 0.2) is 12.3 Å². The Labute approximate surface area is 125 Å². The van der Waals surface area contributed by atoms with Crippen molar-refractivity contribution in [2.75, 3.05) is 19.3 Å². The molecular formula is C14H16N4O2S. The molecule has 3 rings (SSSR count). The van der Waals surface area contributed by atoms with Crippen molar-refractivity contribution in [1.82, 2.24) is 15.2 Å². The number of anilines is 1. The molecule has 0 bridgehead atoms. The second-order valence-corrected chi connectivity index (χ2v) is 6.23. The van der Waals surface area contributed by atoms with Crippen LogP contribution in [0.1, 0.15) is 21.7 Å². The monoisotopic (exact) mass is 304 g/mol. The number of hydrogen-bond acceptors (Lipinski definition) is 5. The van der Waals surface area contributed by atoms with Crippen LogP contribution in [0.25, 0.3) is 10.2 Å². The van der Waals surface area contributed by atoms with Crippen LogP contribution in [0.3, 0.4) is 0 Å². The summed E-state index contributed by atoms with van der Waals surface area (Å²) in [5, 5.41) is 3.59. The molecule has 6 nitrogen and oxygen atoms in total. The van der Waals surface area contributed by atoms with Crippen molar-refractivity contribution in [3.8, 4) is 0 Å². The SMILES string of the molecule is Cc1ccnc2sc(C(=O)NC3CCN(C)C3=O)c(N)c12. The molecule has 110 valence electrons. The van der Waals surface area contributed by atoms with Crippen LogP contribution in [0, 0.1) is 6.92 Å². The standard InChI is InChI=1S/C14H16N4O2S/c1-7-3-5-16-13-9(7)10(15)11(21-13)12(19)17-8-4-6-18(2)14(8)20/h3,5,8H,4,6,15H2,1-2H3,(H,17,19). The van der Waals surface area contributed by atoms with E-state index in [9.17, 15) is 9.59 Å². The third kappa shape index (κ3) is 2.23. The number of nitrogens with zero attached hydrogens (tertiary/aromatic N) is 2. The molecule has 0 spiro atoms. The quantitative estimate of drug-likeness (QED) is 0.871. The van der Waals surface area contributed by atoms with Gasteiger partial charge in [0.05, 0.1) is 5.69 Å². The van der Waals surface area contributed by atoms with Crippen molar-refractivity contribution in [1.29, 1.82) is 0 Å². The number of nitrogens with one attached hydrogen (secondary N) is 1. The molecule has 21 heavy (non-hydrogen) atoms. The third-order valence-corrected chi connectivity index (χ3v) is 4.89. The van der Waals surface area contributed by atoms with Crippen LogP contribution in [-0.2, 0) is 4.79 Å². The van der Waals surface area contributed by atoms with E-state index in [2.05, 4.69) is 10.3 Å². The number of hydrogen-bond donors (Lipinski definition) is 2. The van der Waals surface area contributed by atoms with E-state index < -0.39 is 6.04 Å². The van der Waals surface area contributed by atoms with Crippen molar-refractivity contribution >= 4 is 39.1 Å². The molecule has 1 aliphatic rings. The van der Waals surface area contributed by atoms with Gasteiger partial charge in [0, 0.05) is 25.2 Å². The smallest absolute Gasteiger partial charge is 0.264 e. The lowest BCUT2D eigenvalue weighted by Crippen LogP contribution is -2.40. The number of thiophene rings is 1. The highest BCUT2D eigenvalue weighted by Gasteiger charge is 2.31. The Hall–Kier alpha value is -2.15. The third-order valence-electron chi connectivity index (χ3n) is 3.78. The number of aromatic nitrogens is 1. The largest absolute Gasteiger partial charge is 0.397 e. The summed E-state index contributed by atoms with van der Waals surface area (Å²) in [6.07, 6.45) is 2.33. The van der Waals surface area contributed by atoms with Gasteiger partial charge in [-0.25, -0.2) is 4.98 Å². The lowest BCUT2D eigenvalue weighted by Gasteiger charge is -2.11. The van der Waals surface area contributed by atoms with Gasteiger partial charge in [0.1, 0.15) is 15.7 Å². The average Bonchev–Trinajstić information content (AvgIpc) is 2.95. The maximum absolute atomic E-state index is 12.4. The first kappa shape index (κ1) is 13.8. The second-order valence-electron chi connectivity index (χ2n) is 5.23. The van der Waals surface area contributed by atoms with E-state index >= 15 is 0 Å². The van der Waals surface area contributed by atoms with Crippen LogP contribution in [-0.4, -0.2) is 41.3 Å². The summed E-state index contributed by atoms with van der Waals surface area (Å²) < 4.78 is 0. The fourth-order valence-corrected chi connectivity index (χ4v) is 3.60. The van der Waals surface area contributed by atoms with Gasteiger partial charge in [-0.1, -0.05) is 0 Å². The highest BCUT2D eigenvalue weighted by atomic mass is 32.1. The van der Waals surface area contributed by atoms with E-state index in [4.69, 9.17) is 5.73 Å². The van der Waals surface area contributed by atoms with Gasteiger partial charge in [0.2, 0.25) is 5.91 Å². The summed E-state index contributed by atoms with van der Waals surface area (Å²) in [5.74, 6) is -0.360. The van der Waals surface area contributed by atoms with Crippen molar-refractivity contribution in [3.05, 3.63) is 22.7 Å². The Balaban J connectivity index is 1.90. The topological polar surface area (TPSA) is 88.3 Å². The maximum atomic E-state index is 12.4. The van der Waals surface area contributed by atoms with Crippen LogP contribution in [0.4, 0.5) is 5.69 Å². The van der Waals surface area contributed by atoms with Crippen molar-refractivity contribution in [2.45, 2.75) is 19.4 Å². The summed E-state index contributed by atoms with van der Waals surface area (Å²) >= 11 is 1.26. The van der Waals surface area contributed by atoms with Crippen molar-refractivity contribution in [3.63, 3.8) is 0 Å². The minimum absolute atomic E-state index is 0.0580. The lowest BCUT2D eigenvalue weighted by molar-refractivity contribution is -0.128. The van der Waals surface area contributed by atoms with Gasteiger partial charge in [0.15, 0.2) is 0 Å². The number of aryl methyl sites for hydroxylation is 1. The number of nitrogen functional groups attached to an aromatic ring is 1. The van der Waals surface area contributed by atoms with Crippen molar-refractivity contribution < 1.29 is 9.59 Å². The molecule has 2 aromatic heterocycles. The molecule has 3 heterocycles. The van der Waals surface area contributed by atoms with Crippen LogP contribution in [0.5, 0.6) is 0 Å². The summed E-state index contributed by atoms with van der Waals surface area (Å²) in [5.41, 5.74) is 7.52. The number of carbonyl (C=O) groups excluding carboxylic acids is 2. The predicted molar refractivity (Wildman–Crippen MR) is 82.3 cm³/mol. The van der Waals surface area contributed by atoms with Gasteiger partial charge in [0.25, 0.3) is 5.91 Å². The van der Waals surface area contributed by atoms with Gasteiger partial charge in [-0.15, -0.1) is 11.3 Å². The molecule has 7 heteroatoms. The molecule has 0 radical (unpaired) electrons. The fourth-order valence-electron chi connectivity index (χ4n) is 2.55. The molecule has 1 atom stereocenters. The Morgan fingerprint density at radius 2 is 2.33 bits per heavy atom. The summed E-state index contributed by atoms with van der Waals surface area (Å²) in [6, 6.07) is 1.41. The molecule has 3 N–H and O–H groups in total. The van der Waals surface area contributed by atoms with Gasteiger partial charge >= 0.3 is 0 Å². The molecule has 0 aromatic carbocycles. The number of pyridine rings is 1. The summed E-state index contributed by atoms with van der Waals surface area (Å²) in [6.45, 7) is 2.59. The number of likely N-dealkylation sites (N-methyl/N-ethyl adjacent to an activating group) is 1. The van der Waals surface area contributed by atoms with Crippen LogP contribution >= 0.6 is 11.3 Å². The number of fused-ring (bicyclic) bond motifs is 1. The molecule has 0 saturated carbocycles. The Kier molecular flexibility index (Phi) is 3.29. The van der Waals surface area contributed by atoms with Gasteiger partial charge < -0.3 is 16.0 Å². The van der Waals surface area contributed by atoms with E-state index in [-0.39, 0.29) is 11.8 Å². The molecule has 2 amide bonds. The molecule has 1 unspecified atom stereocenters. The zero-order valence-electron chi connectivity index (χ0n) is 11.8. The molecule has 1 aliphatic heterocycles. The fraction of sp³-hybridized carbons (Fsp3) is 0.357. The zero-order valence-corrected chi connectivity index (χ0v) is 12.7. The molecule has 1 saturated heterocycles. The number of nitrogens with two attached hydrogens (primary N) is 1. The lowest BCUT2D eigenvalue weighted by atomic mass is 10.1. The Bertz CT molecular complexity index is 740. The molecule has 2 aromatic rings. The van der Waals surface area contributed by atoms with E-state index in [0.717, 1.165) is 15.8 Å². The number of carbonyl (C=O) groups is 2. The van der Waals surface area contributed by atoms with Gasteiger partial charge in [-0.05, 0) is 25.0 Å². The first-order chi connectivity index (χ1) is 9.99. The maximum Gasteiger partial charge on any atom is 0.264 e. The summed E-state index contributed by atoms with van der Waals surface area (Å²) in [7, 11) is 1.73. The van der Waals surface area contributed by atoms with Crippen molar-refractivity contribution in [2.24, 2.45) is 0 Å². The predicted octanol–water partition coefficient (Wildman–Crippen LogP) is 1.15. The molecule has 0 aliphatic carbocycles. The number of likely N-dealkylation sites (tertiary alicyclic amines) is 1. The second kappa shape index (κ2) is 5.00. The number of amides is 2. The van der Waals surface area contributed by atoms with E-state index in [1.165, 1.54) is 11.3 Å². The van der Waals surface area contributed by atoms with Gasteiger partial charge in [-0.2, -0.15) is 0 Å².